The van der Waals surface area contributed by atoms with E-state index in [9.17, 15) is 14.3 Å². The van der Waals surface area contributed by atoms with Crippen LogP contribution in [0.5, 0.6) is 0 Å². The molecule has 29 heavy (non-hydrogen) atoms. The molecule has 0 bridgehead atoms. The minimum Gasteiger partial charge on any atom is -0.386 e. The van der Waals surface area contributed by atoms with Gasteiger partial charge in [0.15, 0.2) is 5.96 Å². The van der Waals surface area contributed by atoms with E-state index in [1.165, 1.54) is 12.1 Å². The van der Waals surface area contributed by atoms with Crippen LogP contribution in [0.2, 0.25) is 0 Å². The van der Waals surface area contributed by atoms with Crippen LogP contribution in [0.3, 0.4) is 0 Å². The molecule has 0 spiro atoms. The SMILES string of the molecule is CCNC(=NCC(O)c1ccc(F)cc1)NC1CCCC(C(=O)NC2CC2)C1.I. The van der Waals surface area contributed by atoms with Crippen molar-refractivity contribution in [3.8, 4) is 0 Å². The van der Waals surface area contributed by atoms with Crippen molar-refractivity contribution in [1.29, 1.82) is 0 Å². The standard InChI is InChI=1S/C21H31FN4O2.HI/c1-2-23-21(24-13-19(27)14-6-8-16(22)9-7-14)26-18-5-3-4-15(12-18)20(28)25-17-10-11-17;/h6-9,15,17-19,27H,2-5,10-13H2,1H3,(H,25,28)(H2,23,24,26);1H. The van der Waals surface area contributed by atoms with Gasteiger partial charge in [-0.1, -0.05) is 18.6 Å². The second kappa shape index (κ2) is 11.7. The molecule has 2 fully saturated rings. The van der Waals surface area contributed by atoms with Gasteiger partial charge in [0.2, 0.25) is 5.91 Å². The summed E-state index contributed by atoms with van der Waals surface area (Å²) < 4.78 is 13.0. The number of amides is 1. The second-order valence-electron chi connectivity index (χ2n) is 7.77. The van der Waals surface area contributed by atoms with Crippen molar-refractivity contribution in [2.45, 2.75) is 63.6 Å². The quantitative estimate of drug-likeness (QED) is 0.254. The Balaban J connectivity index is 0.00000300. The molecule has 0 heterocycles. The van der Waals surface area contributed by atoms with Crippen LogP contribution in [0.4, 0.5) is 4.39 Å². The number of hydrogen-bond donors (Lipinski definition) is 4. The average molecular weight is 518 g/mol. The first-order valence-corrected chi connectivity index (χ1v) is 10.3. The Morgan fingerprint density at radius 3 is 2.55 bits per heavy atom. The molecule has 0 saturated heterocycles. The van der Waals surface area contributed by atoms with Gasteiger partial charge in [-0.3, -0.25) is 9.79 Å². The molecule has 1 aromatic rings. The molecule has 0 aromatic heterocycles. The van der Waals surface area contributed by atoms with Crippen LogP contribution in [-0.2, 0) is 4.79 Å². The molecule has 2 aliphatic rings. The van der Waals surface area contributed by atoms with E-state index >= 15 is 0 Å². The number of aliphatic hydroxyl groups is 1. The van der Waals surface area contributed by atoms with Crippen molar-refractivity contribution in [2.75, 3.05) is 13.1 Å². The van der Waals surface area contributed by atoms with Gasteiger partial charge in [0.05, 0.1) is 12.6 Å². The van der Waals surface area contributed by atoms with Gasteiger partial charge in [0, 0.05) is 24.5 Å². The van der Waals surface area contributed by atoms with Crippen molar-refractivity contribution >= 4 is 35.8 Å². The first kappa shape index (κ1) is 23.9. The maximum atomic E-state index is 13.0. The first-order valence-electron chi connectivity index (χ1n) is 10.3. The molecule has 3 rings (SSSR count). The summed E-state index contributed by atoms with van der Waals surface area (Å²) in [4.78, 5) is 16.8. The largest absolute Gasteiger partial charge is 0.386 e. The van der Waals surface area contributed by atoms with E-state index in [0.29, 0.717) is 24.1 Å². The Labute approximate surface area is 189 Å². The third-order valence-electron chi connectivity index (χ3n) is 5.33. The zero-order chi connectivity index (χ0) is 19.9. The Hall–Kier alpha value is -1.42. The predicted octanol–water partition coefficient (Wildman–Crippen LogP) is 2.87. The zero-order valence-electron chi connectivity index (χ0n) is 16.9. The number of halogens is 2. The van der Waals surface area contributed by atoms with Gasteiger partial charge in [0.1, 0.15) is 5.82 Å². The van der Waals surface area contributed by atoms with Crippen LogP contribution in [0.25, 0.3) is 0 Å². The topological polar surface area (TPSA) is 85.8 Å². The summed E-state index contributed by atoms with van der Waals surface area (Å²) in [7, 11) is 0. The Morgan fingerprint density at radius 2 is 1.90 bits per heavy atom. The number of guanidine groups is 1. The minimum atomic E-state index is -0.792. The highest BCUT2D eigenvalue weighted by Crippen LogP contribution is 2.26. The van der Waals surface area contributed by atoms with E-state index in [4.69, 9.17) is 0 Å². The first-order chi connectivity index (χ1) is 13.5. The summed E-state index contributed by atoms with van der Waals surface area (Å²) in [6.07, 6.45) is 5.16. The minimum absolute atomic E-state index is 0. The number of carbonyl (C=O) groups is 1. The van der Waals surface area contributed by atoms with Crippen LogP contribution in [0.15, 0.2) is 29.3 Å². The summed E-state index contributed by atoms with van der Waals surface area (Å²) >= 11 is 0. The molecular formula is C21H32FIN4O2. The highest BCUT2D eigenvalue weighted by atomic mass is 127. The normalized spacial score (nSPS) is 22.9. The van der Waals surface area contributed by atoms with Crippen LogP contribution in [-0.4, -0.2) is 42.1 Å². The average Bonchev–Trinajstić information content (AvgIpc) is 3.51. The van der Waals surface area contributed by atoms with Crippen molar-refractivity contribution < 1.29 is 14.3 Å². The summed E-state index contributed by atoms with van der Waals surface area (Å²) in [6, 6.07) is 6.39. The van der Waals surface area contributed by atoms with Gasteiger partial charge in [0.25, 0.3) is 0 Å². The Bertz CT molecular complexity index is 682. The third-order valence-corrected chi connectivity index (χ3v) is 5.33. The van der Waals surface area contributed by atoms with E-state index in [-0.39, 0.29) is 54.2 Å². The van der Waals surface area contributed by atoms with Gasteiger partial charge in [-0.2, -0.15) is 0 Å². The predicted molar refractivity (Wildman–Crippen MR) is 123 cm³/mol. The molecule has 162 valence electrons. The highest BCUT2D eigenvalue weighted by Gasteiger charge is 2.31. The maximum Gasteiger partial charge on any atom is 0.223 e. The second-order valence-corrected chi connectivity index (χ2v) is 7.77. The van der Waals surface area contributed by atoms with E-state index in [1.54, 1.807) is 12.1 Å². The number of carbonyl (C=O) groups excluding carboxylic acids is 1. The molecule has 3 atom stereocenters. The zero-order valence-corrected chi connectivity index (χ0v) is 19.2. The van der Waals surface area contributed by atoms with Crippen LogP contribution < -0.4 is 16.0 Å². The van der Waals surface area contributed by atoms with Gasteiger partial charge < -0.3 is 21.1 Å². The summed E-state index contributed by atoms with van der Waals surface area (Å²) in [5.74, 6) is 0.547. The van der Waals surface area contributed by atoms with E-state index in [1.807, 2.05) is 6.92 Å². The molecule has 2 saturated carbocycles. The lowest BCUT2D eigenvalue weighted by atomic mass is 9.85. The highest BCUT2D eigenvalue weighted by molar-refractivity contribution is 14.0. The Morgan fingerprint density at radius 1 is 1.17 bits per heavy atom. The smallest absolute Gasteiger partial charge is 0.223 e. The van der Waals surface area contributed by atoms with Crippen LogP contribution >= 0.6 is 24.0 Å². The van der Waals surface area contributed by atoms with Crippen molar-refractivity contribution in [3.05, 3.63) is 35.6 Å². The lowest BCUT2D eigenvalue weighted by molar-refractivity contribution is -0.126. The number of benzene rings is 1. The fourth-order valence-corrected chi connectivity index (χ4v) is 3.59. The number of nitrogens with one attached hydrogen (secondary N) is 3. The fourth-order valence-electron chi connectivity index (χ4n) is 3.59. The Kier molecular flexibility index (Phi) is 9.61. The molecule has 8 heteroatoms. The monoisotopic (exact) mass is 518 g/mol. The number of nitrogens with zero attached hydrogens (tertiary/aromatic N) is 1. The van der Waals surface area contributed by atoms with Gasteiger partial charge in [-0.25, -0.2) is 4.39 Å². The van der Waals surface area contributed by atoms with Crippen molar-refractivity contribution in [2.24, 2.45) is 10.9 Å². The van der Waals surface area contributed by atoms with E-state index in [2.05, 4.69) is 20.9 Å². The molecular weight excluding hydrogens is 486 g/mol. The number of aliphatic imine (C=N–C) groups is 1. The van der Waals surface area contributed by atoms with Crippen LogP contribution in [0, 0.1) is 11.7 Å². The number of hydrogen-bond acceptors (Lipinski definition) is 3. The van der Waals surface area contributed by atoms with Crippen molar-refractivity contribution in [1.82, 2.24) is 16.0 Å². The van der Waals surface area contributed by atoms with E-state index in [0.717, 1.165) is 38.5 Å². The molecule has 1 aromatic carbocycles. The number of rotatable bonds is 7. The van der Waals surface area contributed by atoms with Gasteiger partial charge >= 0.3 is 0 Å². The third kappa shape index (κ3) is 7.73. The van der Waals surface area contributed by atoms with Gasteiger partial charge in [-0.05, 0) is 56.7 Å². The molecule has 2 aliphatic carbocycles. The summed E-state index contributed by atoms with van der Waals surface area (Å²) in [5, 5.41) is 20.0. The molecule has 0 aliphatic heterocycles. The van der Waals surface area contributed by atoms with Crippen molar-refractivity contribution in [3.63, 3.8) is 0 Å². The lowest BCUT2D eigenvalue weighted by Gasteiger charge is -2.30. The lowest BCUT2D eigenvalue weighted by Crippen LogP contribution is -2.47. The number of aliphatic hydroxyl groups excluding tert-OH is 1. The van der Waals surface area contributed by atoms with E-state index < -0.39 is 6.10 Å². The molecule has 4 N–H and O–H groups in total. The summed E-state index contributed by atoms with van der Waals surface area (Å²) in [5.41, 5.74) is 0.635. The van der Waals surface area contributed by atoms with Gasteiger partial charge in [-0.15, -0.1) is 24.0 Å². The molecule has 1 amide bonds. The summed E-state index contributed by atoms with van der Waals surface area (Å²) in [6.45, 7) is 2.87. The molecule has 0 radical (unpaired) electrons. The molecule has 6 nitrogen and oxygen atoms in total. The fraction of sp³-hybridized carbons (Fsp3) is 0.619. The molecule has 3 unspecified atom stereocenters. The van der Waals surface area contributed by atoms with Crippen LogP contribution in [0.1, 0.15) is 57.1 Å². The maximum absolute atomic E-state index is 13.0.